The number of oxime groups is 1. The summed E-state index contributed by atoms with van der Waals surface area (Å²) in [5.41, 5.74) is 2.31. The van der Waals surface area contributed by atoms with Crippen molar-refractivity contribution < 1.29 is 9.57 Å². The van der Waals surface area contributed by atoms with Gasteiger partial charge < -0.3 is 9.57 Å². The number of benzene rings is 1. The molecule has 0 radical (unpaired) electrons. The molecule has 1 saturated heterocycles. The highest BCUT2D eigenvalue weighted by atomic mass is 16.6. The summed E-state index contributed by atoms with van der Waals surface area (Å²) in [5, 5.41) is 3.97. The lowest BCUT2D eigenvalue weighted by molar-refractivity contribution is 0.0214. The van der Waals surface area contributed by atoms with Crippen LogP contribution in [0, 0.1) is 6.92 Å². The monoisotopic (exact) mass is 248 g/mol. The van der Waals surface area contributed by atoms with E-state index in [0.717, 1.165) is 38.4 Å². The highest BCUT2D eigenvalue weighted by Crippen LogP contribution is 2.00. The van der Waals surface area contributed by atoms with Gasteiger partial charge in [0.05, 0.1) is 19.4 Å². The van der Waals surface area contributed by atoms with Gasteiger partial charge in [-0.25, -0.2) is 0 Å². The van der Waals surface area contributed by atoms with E-state index in [1.54, 1.807) is 6.21 Å². The molecule has 2 rings (SSSR count). The van der Waals surface area contributed by atoms with Crippen molar-refractivity contribution in [2.45, 2.75) is 6.92 Å². The van der Waals surface area contributed by atoms with Crippen molar-refractivity contribution in [1.82, 2.24) is 4.90 Å². The van der Waals surface area contributed by atoms with E-state index in [9.17, 15) is 0 Å². The SMILES string of the molecule is Cc1ccc(/C=N/OCCN2CCOCC2)cc1. The maximum Gasteiger partial charge on any atom is 0.129 e. The molecule has 1 aliphatic heterocycles. The number of rotatable bonds is 5. The van der Waals surface area contributed by atoms with Crippen LogP contribution in [0.5, 0.6) is 0 Å². The zero-order valence-corrected chi connectivity index (χ0v) is 10.8. The number of nitrogens with zero attached hydrogens (tertiary/aromatic N) is 2. The first-order valence-electron chi connectivity index (χ1n) is 6.37. The summed E-state index contributed by atoms with van der Waals surface area (Å²) in [5.74, 6) is 0. The van der Waals surface area contributed by atoms with Crippen LogP contribution < -0.4 is 0 Å². The summed E-state index contributed by atoms with van der Waals surface area (Å²) in [4.78, 5) is 7.58. The van der Waals surface area contributed by atoms with Crippen molar-refractivity contribution in [2.75, 3.05) is 39.5 Å². The molecule has 98 valence electrons. The first-order chi connectivity index (χ1) is 8.84. The minimum absolute atomic E-state index is 0.627. The normalized spacial score (nSPS) is 17.2. The van der Waals surface area contributed by atoms with E-state index in [4.69, 9.17) is 9.57 Å². The third kappa shape index (κ3) is 4.47. The Balaban J connectivity index is 1.63. The van der Waals surface area contributed by atoms with E-state index in [0.29, 0.717) is 6.61 Å². The van der Waals surface area contributed by atoms with Crippen molar-refractivity contribution in [3.63, 3.8) is 0 Å². The second kappa shape index (κ2) is 7.13. The van der Waals surface area contributed by atoms with Crippen LogP contribution in [0.2, 0.25) is 0 Å². The molecule has 1 aromatic rings. The molecular formula is C14H20N2O2. The predicted octanol–water partition coefficient (Wildman–Crippen LogP) is 1.68. The number of hydrogen-bond acceptors (Lipinski definition) is 4. The number of morpholine rings is 1. The van der Waals surface area contributed by atoms with E-state index in [1.807, 2.05) is 12.1 Å². The van der Waals surface area contributed by atoms with Gasteiger partial charge in [-0.3, -0.25) is 4.90 Å². The summed E-state index contributed by atoms with van der Waals surface area (Å²) >= 11 is 0. The largest absolute Gasteiger partial charge is 0.394 e. The van der Waals surface area contributed by atoms with Crippen LogP contribution in [0.3, 0.4) is 0 Å². The highest BCUT2D eigenvalue weighted by molar-refractivity contribution is 5.79. The molecule has 1 fully saturated rings. The smallest absolute Gasteiger partial charge is 0.129 e. The Bertz CT molecular complexity index is 370. The molecule has 1 aliphatic rings. The fourth-order valence-electron chi connectivity index (χ4n) is 1.80. The van der Waals surface area contributed by atoms with Gasteiger partial charge in [0.25, 0.3) is 0 Å². The Morgan fingerprint density at radius 3 is 2.72 bits per heavy atom. The molecule has 18 heavy (non-hydrogen) atoms. The zero-order valence-electron chi connectivity index (χ0n) is 10.8. The Kier molecular flexibility index (Phi) is 5.17. The fourth-order valence-corrected chi connectivity index (χ4v) is 1.80. The molecule has 0 aliphatic carbocycles. The first-order valence-corrected chi connectivity index (χ1v) is 6.37. The van der Waals surface area contributed by atoms with Crippen LogP contribution in [0.15, 0.2) is 29.4 Å². The second-order valence-corrected chi connectivity index (χ2v) is 4.43. The van der Waals surface area contributed by atoms with Crippen molar-refractivity contribution >= 4 is 6.21 Å². The van der Waals surface area contributed by atoms with E-state index in [-0.39, 0.29) is 0 Å². The van der Waals surface area contributed by atoms with Crippen LogP contribution in [0.25, 0.3) is 0 Å². The van der Waals surface area contributed by atoms with Gasteiger partial charge in [0.15, 0.2) is 0 Å². The van der Waals surface area contributed by atoms with Gasteiger partial charge in [-0.2, -0.15) is 0 Å². The van der Waals surface area contributed by atoms with Crippen LogP contribution in [0.4, 0.5) is 0 Å². The number of ether oxygens (including phenoxy) is 1. The maximum absolute atomic E-state index is 5.28. The van der Waals surface area contributed by atoms with Crippen molar-refractivity contribution in [1.29, 1.82) is 0 Å². The van der Waals surface area contributed by atoms with E-state index in [1.165, 1.54) is 5.56 Å². The average molecular weight is 248 g/mol. The van der Waals surface area contributed by atoms with E-state index >= 15 is 0 Å². The molecule has 1 aromatic carbocycles. The lowest BCUT2D eigenvalue weighted by atomic mass is 10.2. The average Bonchev–Trinajstić information content (AvgIpc) is 2.42. The van der Waals surface area contributed by atoms with Gasteiger partial charge in [-0.1, -0.05) is 35.0 Å². The molecule has 4 nitrogen and oxygen atoms in total. The first kappa shape index (κ1) is 13.1. The topological polar surface area (TPSA) is 34.1 Å². The van der Waals surface area contributed by atoms with Gasteiger partial charge in [-0.05, 0) is 12.5 Å². The lowest BCUT2D eigenvalue weighted by Gasteiger charge is -2.25. The van der Waals surface area contributed by atoms with Gasteiger partial charge in [0.1, 0.15) is 6.61 Å². The molecule has 0 bridgehead atoms. The van der Waals surface area contributed by atoms with Gasteiger partial charge in [0, 0.05) is 19.6 Å². The Hall–Kier alpha value is -1.39. The van der Waals surface area contributed by atoms with Crippen LogP contribution in [-0.4, -0.2) is 50.6 Å². The zero-order chi connectivity index (χ0) is 12.6. The fraction of sp³-hybridized carbons (Fsp3) is 0.500. The number of hydrogen-bond donors (Lipinski definition) is 0. The summed E-state index contributed by atoms with van der Waals surface area (Å²) < 4.78 is 5.28. The van der Waals surface area contributed by atoms with Crippen molar-refractivity contribution in [3.05, 3.63) is 35.4 Å². The minimum atomic E-state index is 0.627. The van der Waals surface area contributed by atoms with Crippen molar-refractivity contribution in [2.24, 2.45) is 5.16 Å². The summed E-state index contributed by atoms with van der Waals surface area (Å²) in [7, 11) is 0. The molecule has 0 aromatic heterocycles. The van der Waals surface area contributed by atoms with Gasteiger partial charge in [-0.15, -0.1) is 0 Å². The quantitative estimate of drug-likeness (QED) is 0.451. The molecule has 0 unspecified atom stereocenters. The molecule has 0 N–H and O–H groups in total. The van der Waals surface area contributed by atoms with Crippen LogP contribution >= 0.6 is 0 Å². The van der Waals surface area contributed by atoms with Gasteiger partial charge >= 0.3 is 0 Å². The molecule has 0 atom stereocenters. The maximum atomic E-state index is 5.28. The van der Waals surface area contributed by atoms with E-state index < -0.39 is 0 Å². The second-order valence-electron chi connectivity index (χ2n) is 4.43. The molecule has 0 amide bonds. The summed E-state index contributed by atoms with van der Waals surface area (Å²) in [6, 6.07) is 8.19. The molecule has 0 spiro atoms. The van der Waals surface area contributed by atoms with Crippen LogP contribution in [0.1, 0.15) is 11.1 Å². The Morgan fingerprint density at radius 2 is 2.00 bits per heavy atom. The minimum Gasteiger partial charge on any atom is -0.394 e. The van der Waals surface area contributed by atoms with E-state index in [2.05, 4.69) is 29.1 Å². The van der Waals surface area contributed by atoms with Gasteiger partial charge in [0.2, 0.25) is 0 Å². The third-order valence-electron chi connectivity index (χ3n) is 2.96. The van der Waals surface area contributed by atoms with Crippen molar-refractivity contribution in [3.8, 4) is 0 Å². The highest BCUT2D eigenvalue weighted by Gasteiger charge is 2.09. The lowest BCUT2D eigenvalue weighted by Crippen LogP contribution is -2.38. The predicted molar refractivity (Wildman–Crippen MR) is 72.0 cm³/mol. The summed E-state index contributed by atoms with van der Waals surface area (Å²) in [6.45, 7) is 7.24. The molecule has 4 heteroatoms. The Labute approximate surface area is 108 Å². The molecule has 0 saturated carbocycles. The Morgan fingerprint density at radius 1 is 1.28 bits per heavy atom. The number of aryl methyl sites for hydroxylation is 1. The van der Waals surface area contributed by atoms with Crippen LogP contribution in [-0.2, 0) is 9.57 Å². The molecule has 1 heterocycles. The standard InChI is InChI=1S/C14H20N2O2/c1-13-2-4-14(5-3-13)12-15-18-11-8-16-6-9-17-10-7-16/h2-5,12H,6-11H2,1H3/b15-12+. The summed E-state index contributed by atoms with van der Waals surface area (Å²) in [6.07, 6.45) is 1.75. The third-order valence-corrected chi connectivity index (χ3v) is 2.96. The molecular weight excluding hydrogens is 228 g/mol.